The second-order valence-electron chi connectivity index (χ2n) is 6.67. The van der Waals surface area contributed by atoms with Crippen LogP contribution in [0.15, 0.2) is 28.4 Å². The smallest absolute Gasteiger partial charge is 0.337 e. The summed E-state index contributed by atoms with van der Waals surface area (Å²) in [6.45, 7) is 5.32. The van der Waals surface area contributed by atoms with E-state index in [1.54, 1.807) is 32.0 Å². The Balaban J connectivity index is 2.09. The number of nitrogens with one attached hydrogen (secondary N) is 1. The number of aromatic nitrogens is 2. The molecule has 29 heavy (non-hydrogen) atoms. The zero-order chi connectivity index (χ0) is 21.3. The lowest BCUT2D eigenvalue weighted by molar-refractivity contribution is -0.118. The molecule has 0 aliphatic heterocycles. The molecule has 2 heterocycles. The summed E-state index contributed by atoms with van der Waals surface area (Å²) < 4.78 is 1.29. The van der Waals surface area contributed by atoms with E-state index in [0.29, 0.717) is 27.8 Å². The summed E-state index contributed by atoms with van der Waals surface area (Å²) in [5, 5.41) is 14.2. The molecule has 3 aromatic rings. The van der Waals surface area contributed by atoms with Crippen molar-refractivity contribution in [3.8, 4) is 0 Å². The van der Waals surface area contributed by atoms with Crippen LogP contribution in [0, 0.1) is 6.92 Å². The number of aryl methyl sites for hydroxylation is 1. The number of nitrogens with zero attached hydrogens (tertiary/aromatic N) is 2. The topological polar surface area (TPSA) is 101 Å². The van der Waals surface area contributed by atoms with Crippen LogP contribution in [0.3, 0.4) is 0 Å². The first-order valence-electron chi connectivity index (χ1n) is 9.08. The highest BCUT2D eigenvalue weighted by molar-refractivity contribution is 7.17. The van der Waals surface area contributed by atoms with E-state index in [-0.39, 0.29) is 10.9 Å². The molecule has 2 aromatic heterocycles. The molecule has 1 unspecified atom stereocenters. The molecule has 0 saturated heterocycles. The van der Waals surface area contributed by atoms with Crippen molar-refractivity contribution >= 4 is 50.7 Å². The van der Waals surface area contributed by atoms with Gasteiger partial charge in [-0.1, -0.05) is 24.6 Å². The highest BCUT2D eigenvalue weighted by Gasteiger charge is 2.25. The molecular weight excluding hydrogens is 414 g/mol. The number of hydrogen-bond donors (Lipinski definition) is 2. The Labute approximate surface area is 176 Å². The Bertz CT molecular complexity index is 1170. The quantitative estimate of drug-likeness (QED) is 0.604. The number of amides is 1. The molecule has 1 amide bonds. The zero-order valence-electron chi connectivity index (χ0n) is 16.2. The largest absolute Gasteiger partial charge is 0.478 e. The number of thiophene rings is 1. The number of carboxylic acids is 1. The molecule has 0 fully saturated rings. The number of rotatable bonds is 6. The Morgan fingerprint density at radius 3 is 2.76 bits per heavy atom. The minimum Gasteiger partial charge on any atom is -0.478 e. The zero-order valence-corrected chi connectivity index (χ0v) is 17.7. The molecule has 2 N–H and O–H groups in total. The molecule has 0 aliphatic carbocycles. The Kier molecular flexibility index (Phi) is 6.04. The van der Waals surface area contributed by atoms with E-state index < -0.39 is 23.5 Å². The van der Waals surface area contributed by atoms with Gasteiger partial charge in [-0.05, 0) is 38.0 Å². The second kappa shape index (κ2) is 8.34. The van der Waals surface area contributed by atoms with Gasteiger partial charge >= 0.3 is 5.97 Å². The van der Waals surface area contributed by atoms with Gasteiger partial charge in [-0.3, -0.25) is 14.2 Å². The number of hydrogen-bond acceptors (Lipinski definition) is 5. The minimum atomic E-state index is -1.20. The standard InChI is InChI=1S/C20H20ClN3O4S/c1-4-6-15-23-18-16(12(9-29-18)20(27)28)19(26)24(15)11(3)17(25)22-14-8-5-7-13(21)10(14)2/h5,7-9,11H,4,6H2,1-3H3,(H,22,25)(H,27,28). The van der Waals surface area contributed by atoms with Gasteiger partial charge in [-0.25, -0.2) is 9.78 Å². The lowest BCUT2D eigenvalue weighted by atomic mass is 10.1. The average Bonchev–Trinajstić information content (AvgIpc) is 3.10. The molecule has 1 aromatic carbocycles. The van der Waals surface area contributed by atoms with Crippen LogP contribution in [-0.2, 0) is 11.2 Å². The number of anilines is 1. The monoisotopic (exact) mass is 433 g/mol. The highest BCUT2D eigenvalue weighted by Crippen LogP contribution is 2.26. The van der Waals surface area contributed by atoms with Crippen molar-refractivity contribution in [2.75, 3.05) is 5.32 Å². The van der Waals surface area contributed by atoms with Crippen LogP contribution < -0.4 is 10.9 Å². The molecular formula is C20H20ClN3O4S. The van der Waals surface area contributed by atoms with Gasteiger partial charge in [-0.15, -0.1) is 11.3 Å². The van der Waals surface area contributed by atoms with E-state index in [1.807, 2.05) is 6.92 Å². The first-order valence-corrected chi connectivity index (χ1v) is 10.3. The SMILES string of the molecule is CCCc1nc2scc(C(=O)O)c2c(=O)n1C(C)C(=O)Nc1cccc(Cl)c1C. The summed E-state index contributed by atoms with van der Waals surface area (Å²) >= 11 is 7.23. The van der Waals surface area contributed by atoms with Gasteiger partial charge in [0, 0.05) is 22.5 Å². The van der Waals surface area contributed by atoms with Gasteiger partial charge < -0.3 is 10.4 Å². The first kappa shape index (κ1) is 21.0. The third-order valence-electron chi connectivity index (χ3n) is 4.71. The van der Waals surface area contributed by atoms with E-state index >= 15 is 0 Å². The molecule has 7 nitrogen and oxygen atoms in total. The third kappa shape index (κ3) is 3.90. The van der Waals surface area contributed by atoms with Crippen LogP contribution in [0.4, 0.5) is 5.69 Å². The van der Waals surface area contributed by atoms with Crippen LogP contribution >= 0.6 is 22.9 Å². The summed E-state index contributed by atoms with van der Waals surface area (Å²) in [4.78, 5) is 42.5. The normalized spacial score (nSPS) is 12.1. The summed E-state index contributed by atoms with van der Waals surface area (Å²) in [5.74, 6) is -1.16. The summed E-state index contributed by atoms with van der Waals surface area (Å²) in [6.07, 6.45) is 1.20. The van der Waals surface area contributed by atoms with E-state index in [2.05, 4.69) is 10.3 Å². The maximum Gasteiger partial charge on any atom is 0.337 e. The molecule has 0 bridgehead atoms. The molecule has 0 saturated carbocycles. The van der Waals surface area contributed by atoms with Crippen LogP contribution in [0.2, 0.25) is 5.02 Å². The summed E-state index contributed by atoms with van der Waals surface area (Å²) in [7, 11) is 0. The van der Waals surface area contributed by atoms with Gasteiger partial charge in [0.25, 0.3) is 5.56 Å². The van der Waals surface area contributed by atoms with Crippen molar-refractivity contribution in [2.24, 2.45) is 0 Å². The fourth-order valence-electron chi connectivity index (χ4n) is 3.10. The fraction of sp³-hybridized carbons (Fsp3) is 0.300. The fourth-order valence-corrected chi connectivity index (χ4v) is 4.20. The molecule has 3 rings (SSSR count). The molecule has 9 heteroatoms. The lowest BCUT2D eigenvalue weighted by Crippen LogP contribution is -2.35. The van der Waals surface area contributed by atoms with E-state index in [4.69, 9.17) is 11.6 Å². The molecule has 0 aliphatic rings. The third-order valence-corrected chi connectivity index (χ3v) is 5.99. The van der Waals surface area contributed by atoms with Crippen molar-refractivity contribution in [1.29, 1.82) is 0 Å². The average molecular weight is 434 g/mol. The highest BCUT2D eigenvalue weighted by atomic mass is 35.5. The number of benzene rings is 1. The van der Waals surface area contributed by atoms with Gasteiger partial charge in [0.1, 0.15) is 16.7 Å². The van der Waals surface area contributed by atoms with Crippen LogP contribution in [0.1, 0.15) is 48.1 Å². The van der Waals surface area contributed by atoms with Crippen molar-refractivity contribution < 1.29 is 14.7 Å². The predicted molar refractivity (Wildman–Crippen MR) is 114 cm³/mol. The molecule has 1 atom stereocenters. The van der Waals surface area contributed by atoms with Crippen LogP contribution in [-0.4, -0.2) is 26.5 Å². The first-order chi connectivity index (χ1) is 13.8. The number of aromatic carboxylic acids is 1. The van der Waals surface area contributed by atoms with Gasteiger partial charge in [-0.2, -0.15) is 0 Å². The minimum absolute atomic E-state index is 0.0286. The van der Waals surface area contributed by atoms with E-state index in [0.717, 1.165) is 23.3 Å². The molecule has 152 valence electrons. The Morgan fingerprint density at radius 1 is 1.38 bits per heavy atom. The number of halogens is 1. The summed E-state index contributed by atoms with van der Waals surface area (Å²) in [6, 6.07) is 4.29. The molecule has 0 spiro atoms. The van der Waals surface area contributed by atoms with E-state index in [1.165, 1.54) is 9.95 Å². The maximum absolute atomic E-state index is 13.2. The second-order valence-corrected chi connectivity index (χ2v) is 7.93. The van der Waals surface area contributed by atoms with Crippen molar-refractivity contribution in [1.82, 2.24) is 9.55 Å². The van der Waals surface area contributed by atoms with Crippen molar-refractivity contribution in [3.63, 3.8) is 0 Å². The van der Waals surface area contributed by atoms with Gasteiger partial charge in [0.15, 0.2) is 0 Å². The van der Waals surface area contributed by atoms with Crippen LogP contribution in [0.5, 0.6) is 0 Å². The van der Waals surface area contributed by atoms with Crippen molar-refractivity contribution in [2.45, 2.75) is 39.7 Å². The van der Waals surface area contributed by atoms with Crippen molar-refractivity contribution in [3.05, 3.63) is 55.9 Å². The summed E-state index contributed by atoms with van der Waals surface area (Å²) in [5.41, 5.74) is 0.644. The van der Waals surface area contributed by atoms with Crippen LogP contribution in [0.25, 0.3) is 10.2 Å². The lowest BCUT2D eigenvalue weighted by Gasteiger charge is -2.19. The molecule has 0 radical (unpaired) electrons. The predicted octanol–water partition coefficient (Wildman–Crippen LogP) is 4.27. The van der Waals surface area contributed by atoms with Gasteiger partial charge in [0.05, 0.1) is 10.9 Å². The van der Waals surface area contributed by atoms with Gasteiger partial charge in [0.2, 0.25) is 5.91 Å². The Morgan fingerprint density at radius 2 is 2.10 bits per heavy atom. The number of carbonyl (C=O) groups is 2. The Hall–Kier alpha value is -2.71. The number of carbonyl (C=O) groups excluding carboxylic acids is 1. The van der Waals surface area contributed by atoms with E-state index in [9.17, 15) is 19.5 Å². The maximum atomic E-state index is 13.2. The number of carboxylic acid groups (broad SMARTS) is 1. The number of fused-ring (bicyclic) bond motifs is 1.